The largest absolute Gasteiger partial charge is 0.374 e. The molecule has 0 bridgehead atoms. The minimum atomic E-state index is -0.932. The van der Waals surface area contributed by atoms with E-state index in [4.69, 9.17) is 4.74 Å². The number of benzene rings is 2. The van der Waals surface area contributed by atoms with E-state index in [9.17, 15) is 14.4 Å². The minimum Gasteiger partial charge on any atom is -0.374 e. The van der Waals surface area contributed by atoms with E-state index < -0.39 is 17.5 Å². The third-order valence-electron chi connectivity index (χ3n) is 6.50. The second-order valence-corrected chi connectivity index (χ2v) is 10.1. The third-order valence-corrected chi connectivity index (χ3v) is 6.50. The predicted octanol–water partition coefficient (Wildman–Crippen LogP) is 3.18. The molecule has 3 amide bonds. The van der Waals surface area contributed by atoms with Crippen LogP contribution < -0.4 is 10.7 Å². The van der Waals surface area contributed by atoms with Crippen LogP contribution in [0.1, 0.15) is 44.7 Å². The molecule has 0 spiro atoms. The number of nitrogens with one attached hydrogen (secondary N) is 2. The van der Waals surface area contributed by atoms with Gasteiger partial charge < -0.3 is 15.0 Å². The Bertz CT molecular complexity index is 995. The van der Waals surface area contributed by atoms with Gasteiger partial charge in [-0.05, 0) is 30.4 Å². The lowest BCUT2D eigenvalue weighted by atomic mass is 9.89. The molecule has 0 radical (unpaired) electrons. The molecule has 0 aromatic heterocycles. The van der Waals surface area contributed by atoms with Crippen molar-refractivity contribution in [1.82, 2.24) is 20.7 Å². The van der Waals surface area contributed by atoms with Gasteiger partial charge in [-0.25, -0.2) is 5.01 Å². The summed E-state index contributed by atoms with van der Waals surface area (Å²) in [6.45, 7) is 5.90. The van der Waals surface area contributed by atoms with Crippen LogP contribution in [-0.2, 0) is 32.1 Å². The lowest BCUT2D eigenvalue weighted by Gasteiger charge is -2.33. The summed E-state index contributed by atoms with van der Waals surface area (Å²) in [6, 6.07) is 17.8. The van der Waals surface area contributed by atoms with Crippen molar-refractivity contribution in [3.63, 3.8) is 0 Å². The first-order chi connectivity index (χ1) is 17.5. The van der Waals surface area contributed by atoms with Crippen LogP contribution in [0.4, 0.5) is 0 Å². The average Bonchev–Trinajstić information content (AvgIpc) is 2.88. The standard InChI is InChI=1S/C29H42N4O4/c1-7-29(2,3)28(36)30-24(21-37-20-23-16-12-9-13-17-23)27(35)33(6)25(26(34)31-32(4)5)19-18-22-14-10-8-11-15-22/h8-17,24-25H,7,18-21H2,1-6H3,(H,30,36)(H,31,34)/t24?,25-/m1/s1. The second-order valence-electron chi connectivity index (χ2n) is 10.1. The summed E-state index contributed by atoms with van der Waals surface area (Å²) < 4.78 is 5.86. The summed E-state index contributed by atoms with van der Waals surface area (Å²) >= 11 is 0. The molecule has 0 fully saturated rings. The lowest BCUT2D eigenvalue weighted by Crippen LogP contribution is -2.58. The summed E-state index contributed by atoms with van der Waals surface area (Å²) in [4.78, 5) is 41.3. The van der Waals surface area contributed by atoms with Crippen LogP contribution in [0.25, 0.3) is 0 Å². The SMILES string of the molecule is CCC(C)(C)C(=O)NC(COCc1ccccc1)C(=O)N(C)[C@H](CCc1ccccc1)C(=O)NN(C)C. The highest BCUT2D eigenvalue weighted by molar-refractivity contribution is 5.93. The topological polar surface area (TPSA) is 91.0 Å². The molecule has 2 aromatic carbocycles. The number of carbonyl (C=O) groups excluding carboxylic acids is 3. The van der Waals surface area contributed by atoms with E-state index in [-0.39, 0.29) is 24.3 Å². The zero-order chi connectivity index (χ0) is 27.4. The molecule has 2 atom stereocenters. The van der Waals surface area contributed by atoms with Crippen molar-refractivity contribution in [3.8, 4) is 0 Å². The normalized spacial score (nSPS) is 13.1. The Labute approximate surface area is 221 Å². The Balaban J connectivity index is 2.22. The molecular formula is C29H42N4O4. The molecule has 0 aliphatic rings. The predicted molar refractivity (Wildman–Crippen MR) is 145 cm³/mol. The quantitative estimate of drug-likeness (QED) is 0.381. The maximum atomic E-state index is 13.7. The van der Waals surface area contributed by atoms with Gasteiger partial charge in [-0.15, -0.1) is 0 Å². The van der Waals surface area contributed by atoms with Crippen molar-refractivity contribution >= 4 is 17.7 Å². The molecule has 0 saturated heterocycles. The highest BCUT2D eigenvalue weighted by Crippen LogP contribution is 2.20. The fourth-order valence-electron chi connectivity index (χ4n) is 3.70. The van der Waals surface area contributed by atoms with Gasteiger partial charge in [-0.1, -0.05) is 81.4 Å². The Morgan fingerprint density at radius 1 is 0.919 bits per heavy atom. The first kappa shape index (κ1) is 30.0. The minimum absolute atomic E-state index is 0.00962. The van der Waals surface area contributed by atoms with E-state index in [1.807, 2.05) is 81.4 Å². The maximum absolute atomic E-state index is 13.7. The number of hydrazine groups is 1. The zero-order valence-corrected chi connectivity index (χ0v) is 23.0. The van der Waals surface area contributed by atoms with Crippen molar-refractivity contribution in [3.05, 3.63) is 71.8 Å². The number of aryl methyl sites for hydroxylation is 1. The van der Waals surface area contributed by atoms with Gasteiger partial charge in [0.05, 0.1) is 13.2 Å². The highest BCUT2D eigenvalue weighted by atomic mass is 16.5. The van der Waals surface area contributed by atoms with Crippen LogP contribution in [0.5, 0.6) is 0 Å². The van der Waals surface area contributed by atoms with Gasteiger partial charge in [0.2, 0.25) is 11.8 Å². The summed E-state index contributed by atoms with van der Waals surface area (Å²) in [5, 5.41) is 4.44. The van der Waals surface area contributed by atoms with Crippen LogP contribution >= 0.6 is 0 Å². The zero-order valence-electron chi connectivity index (χ0n) is 23.0. The van der Waals surface area contributed by atoms with Gasteiger partial charge in [0.15, 0.2) is 0 Å². The van der Waals surface area contributed by atoms with Gasteiger partial charge in [0.25, 0.3) is 5.91 Å². The number of rotatable bonds is 14. The van der Waals surface area contributed by atoms with Crippen LogP contribution in [-0.4, -0.2) is 67.5 Å². The van der Waals surface area contributed by atoms with Gasteiger partial charge >= 0.3 is 0 Å². The number of ether oxygens (including phenoxy) is 1. The summed E-state index contributed by atoms with van der Waals surface area (Å²) in [5.74, 6) is -0.898. The first-order valence-corrected chi connectivity index (χ1v) is 12.8. The number of likely N-dealkylation sites (N-methyl/N-ethyl adjacent to an activating group) is 1. The van der Waals surface area contributed by atoms with Crippen molar-refractivity contribution < 1.29 is 19.1 Å². The first-order valence-electron chi connectivity index (χ1n) is 12.8. The van der Waals surface area contributed by atoms with Crippen molar-refractivity contribution in [1.29, 1.82) is 0 Å². The summed E-state index contributed by atoms with van der Waals surface area (Å²) in [5.41, 5.74) is 4.17. The molecule has 0 heterocycles. The van der Waals surface area contributed by atoms with Gasteiger partial charge in [-0.2, -0.15) is 0 Å². The molecule has 8 heteroatoms. The van der Waals surface area contributed by atoms with E-state index in [0.717, 1.165) is 11.1 Å². The van der Waals surface area contributed by atoms with Crippen molar-refractivity contribution in [2.24, 2.45) is 5.41 Å². The lowest BCUT2D eigenvalue weighted by molar-refractivity contribution is -0.145. The van der Waals surface area contributed by atoms with Crippen LogP contribution in [0.3, 0.4) is 0 Å². The van der Waals surface area contributed by atoms with E-state index in [2.05, 4.69) is 10.7 Å². The monoisotopic (exact) mass is 510 g/mol. The molecule has 2 rings (SSSR count). The number of hydrogen-bond acceptors (Lipinski definition) is 5. The fourth-order valence-corrected chi connectivity index (χ4v) is 3.70. The van der Waals surface area contributed by atoms with Gasteiger partial charge in [0.1, 0.15) is 12.1 Å². The number of hydrogen-bond donors (Lipinski definition) is 2. The Hall–Kier alpha value is -3.23. The van der Waals surface area contributed by atoms with Gasteiger partial charge in [0, 0.05) is 26.6 Å². The molecule has 1 unspecified atom stereocenters. The number of amides is 3. The Morgan fingerprint density at radius 2 is 1.49 bits per heavy atom. The molecule has 37 heavy (non-hydrogen) atoms. The summed E-state index contributed by atoms with van der Waals surface area (Å²) in [7, 11) is 5.05. The fraction of sp³-hybridized carbons (Fsp3) is 0.483. The van der Waals surface area contributed by atoms with Crippen LogP contribution in [0.2, 0.25) is 0 Å². The number of carbonyl (C=O) groups is 3. The molecule has 2 N–H and O–H groups in total. The van der Waals surface area contributed by atoms with Gasteiger partial charge in [-0.3, -0.25) is 19.8 Å². The summed E-state index contributed by atoms with van der Waals surface area (Å²) in [6.07, 6.45) is 1.66. The maximum Gasteiger partial charge on any atom is 0.257 e. The third kappa shape index (κ3) is 9.63. The number of nitrogens with zero attached hydrogens (tertiary/aromatic N) is 2. The Morgan fingerprint density at radius 3 is 2.03 bits per heavy atom. The van der Waals surface area contributed by atoms with Crippen LogP contribution in [0, 0.1) is 5.41 Å². The van der Waals surface area contributed by atoms with E-state index >= 15 is 0 Å². The molecular weight excluding hydrogens is 468 g/mol. The van der Waals surface area contributed by atoms with Crippen molar-refractivity contribution in [2.75, 3.05) is 27.7 Å². The Kier molecular flexibility index (Phi) is 11.8. The molecule has 8 nitrogen and oxygen atoms in total. The molecule has 0 saturated carbocycles. The molecule has 202 valence electrons. The molecule has 2 aromatic rings. The molecule has 0 aliphatic carbocycles. The highest BCUT2D eigenvalue weighted by Gasteiger charge is 2.35. The van der Waals surface area contributed by atoms with Crippen molar-refractivity contribution in [2.45, 2.75) is 58.7 Å². The second kappa shape index (κ2) is 14.5. The smallest absolute Gasteiger partial charge is 0.257 e. The molecule has 0 aliphatic heterocycles. The van der Waals surface area contributed by atoms with E-state index in [1.165, 1.54) is 4.90 Å². The van der Waals surface area contributed by atoms with Crippen LogP contribution in [0.15, 0.2) is 60.7 Å². The van der Waals surface area contributed by atoms with E-state index in [0.29, 0.717) is 25.9 Å². The van der Waals surface area contributed by atoms with E-state index in [1.54, 1.807) is 26.2 Å². The average molecular weight is 511 g/mol.